The monoisotopic (exact) mass is 522 g/mol. The van der Waals surface area contributed by atoms with Crippen molar-refractivity contribution in [2.45, 2.75) is 38.5 Å². The maximum atomic E-state index is 13.6. The van der Waals surface area contributed by atoms with Gasteiger partial charge in [-0.2, -0.15) is 0 Å². The molecule has 8 nitrogen and oxygen atoms in total. The fraction of sp³-hybridized carbons (Fsp3) is 0.467. The molecule has 2 aromatic rings. The summed E-state index contributed by atoms with van der Waals surface area (Å²) in [5.74, 6) is -0.499. The van der Waals surface area contributed by atoms with E-state index in [0.29, 0.717) is 43.9 Å². The number of carbonyl (C=O) groups is 2. The van der Waals surface area contributed by atoms with Crippen molar-refractivity contribution in [3.05, 3.63) is 83.1 Å². The molecule has 204 valence electrons. The summed E-state index contributed by atoms with van der Waals surface area (Å²) in [5.41, 5.74) is 2.68. The highest BCUT2D eigenvalue weighted by Crippen LogP contribution is 2.40. The number of hydrogen-bond donors (Lipinski definition) is 1. The number of amides is 1. The molecule has 2 aromatic carbocycles. The van der Waals surface area contributed by atoms with Crippen LogP contribution in [0.15, 0.2) is 66.4 Å². The van der Waals surface area contributed by atoms with Crippen LogP contribution in [-0.2, 0) is 25.5 Å². The normalized spacial score (nSPS) is 21.9. The van der Waals surface area contributed by atoms with Crippen molar-refractivity contribution in [2.24, 2.45) is 5.92 Å². The van der Waals surface area contributed by atoms with Crippen molar-refractivity contribution < 1.29 is 28.9 Å². The number of aliphatic hydroxyl groups is 1. The van der Waals surface area contributed by atoms with E-state index < -0.39 is 12.3 Å². The molecular weight excluding hydrogens is 484 g/mol. The number of aliphatic hydroxyl groups excluding tert-OH is 1. The second-order valence-electron chi connectivity index (χ2n) is 9.70. The van der Waals surface area contributed by atoms with Crippen molar-refractivity contribution in [3.63, 3.8) is 0 Å². The molecule has 0 saturated carbocycles. The van der Waals surface area contributed by atoms with Gasteiger partial charge in [-0.15, -0.1) is 0 Å². The highest BCUT2D eigenvalue weighted by Gasteiger charge is 2.39. The van der Waals surface area contributed by atoms with Crippen molar-refractivity contribution in [3.8, 4) is 0 Å². The maximum absolute atomic E-state index is 13.6. The number of carbonyl (C=O) groups excluding carboxylic acids is 2. The summed E-state index contributed by atoms with van der Waals surface area (Å²) in [4.78, 5) is 29.7. The van der Waals surface area contributed by atoms with Crippen LogP contribution in [0.4, 0.5) is 0 Å². The molecule has 4 rings (SSSR count). The molecule has 0 spiro atoms. The lowest BCUT2D eigenvalue weighted by atomic mass is 9.80. The van der Waals surface area contributed by atoms with Crippen LogP contribution in [0.5, 0.6) is 0 Å². The summed E-state index contributed by atoms with van der Waals surface area (Å²) in [5, 5.41) is 9.51. The summed E-state index contributed by atoms with van der Waals surface area (Å²) >= 11 is 0. The van der Waals surface area contributed by atoms with E-state index in [0.717, 1.165) is 25.2 Å². The second kappa shape index (κ2) is 13.6. The summed E-state index contributed by atoms with van der Waals surface area (Å²) in [7, 11) is 1.36. The predicted molar refractivity (Wildman–Crippen MR) is 143 cm³/mol. The van der Waals surface area contributed by atoms with Gasteiger partial charge in [-0.25, -0.2) is 4.79 Å². The fourth-order valence-electron chi connectivity index (χ4n) is 5.20. The Labute approximate surface area is 224 Å². The van der Waals surface area contributed by atoms with E-state index in [1.54, 1.807) is 12.1 Å². The molecule has 38 heavy (non-hydrogen) atoms. The number of benzene rings is 2. The van der Waals surface area contributed by atoms with Gasteiger partial charge in [0.05, 0.1) is 12.7 Å². The van der Waals surface area contributed by atoms with E-state index in [2.05, 4.69) is 17.0 Å². The number of hydrogen-bond acceptors (Lipinski definition) is 7. The van der Waals surface area contributed by atoms with Crippen LogP contribution >= 0.6 is 0 Å². The standard InChI is InChI=1S/C30H38N2O6/c1-3-37-30-25(10-7-19-33)26(23-11-13-24(14-12-23)29(35)36-2)20-27(38-30)28(34)32-17-15-31(16-18-32)21-22-8-5-4-6-9-22/h4-6,8-9,11-14,20,25-26,30,33H,3,7,10,15-19,21H2,1-2H3/t25-,26-,30-/m0/s1. The molecule has 2 aliphatic heterocycles. The molecule has 0 aromatic heterocycles. The van der Waals surface area contributed by atoms with Gasteiger partial charge in [0.15, 0.2) is 5.76 Å². The SMILES string of the molecule is CCO[C@H]1OC(C(=O)N2CCN(Cc3ccccc3)CC2)=C[C@@H](c2ccc(C(=O)OC)cc2)[C@@H]1CCCO. The van der Waals surface area contributed by atoms with Gasteiger partial charge in [-0.1, -0.05) is 42.5 Å². The Bertz CT molecular complexity index is 1080. The van der Waals surface area contributed by atoms with Crippen LogP contribution in [0.1, 0.15) is 47.2 Å². The Kier molecular flexibility index (Phi) is 9.92. The van der Waals surface area contributed by atoms with Crippen LogP contribution in [0.25, 0.3) is 0 Å². The van der Waals surface area contributed by atoms with Gasteiger partial charge in [-0.3, -0.25) is 9.69 Å². The zero-order valence-electron chi connectivity index (χ0n) is 22.3. The first kappa shape index (κ1) is 27.8. The van der Waals surface area contributed by atoms with Gasteiger partial charge in [0.25, 0.3) is 5.91 Å². The Morgan fingerprint density at radius 3 is 2.37 bits per heavy atom. The third-order valence-corrected chi connectivity index (χ3v) is 7.25. The van der Waals surface area contributed by atoms with Crippen LogP contribution in [-0.4, -0.2) is 79.6 Å². The number of methoxy groups -OCH3 is 1. The van der Waals surface area contributed by atoms with E-state index in [-0.39, 0.29) is 24.3 Å². The van der Waals surface area contributed by atoms with E-state index in [4.69, 9.17) is 14.2 Å². The number of allylic oxidation sites excluding steroid dienone is 1. The maximum Gasteiger partial charge on any atom is 0.337 e. The van der Waals surface area contributed by atoms with Gasteiger partial charge in [0, 0.05) is 57.8 Å². The molecule has 3 atom stereocenters. The van der Waals surface area contributed by atoms with E-state index in [1.165, 1.54) is 12.7 Å². The van der Waals surface area contributed by atoms with Crippen molar-refractivity contribution in [1.29, 1.82) is 0 Å². The zero-order valence-corrected chi connectivity index (χ0v) is 22.3. The topological polar surface area (TPSA) is 88.5 Å². The van der Waals surface area contributed by atoms with Crippen LogP contribution in [0.3, 0.4) is 0 Å². The lowest BCUT2D eigenvalue weighted by molar-refractivity contribution is -0.171. The molecule has 2 aliphatic rings. The quantitative estimate of drug-likeness (QED) is 0.478. The number of ether oxygens (including phenoxy) is 3. The largest absolute Gasteiger partial charge is 0.465 e. The lowest BCUT2D eigenvalue weighted by Crippen LogP contribution is -2.49. The summed E-state index contributed by atoms with van der Waals surface area (Å²) in [6.07, 6.45) is 2.54. The Morgan fingerprint density at radius 2 is 1.74 bits per heavy atom. The van der Waals surface area contributed by atoms with Crippen molar-refractivity contribution >= 4 is 11.9 Å². The van der Waals surface area contributed by atoms with Crippen LogP contribution < -0.4 is 0 Å². The Balaban J connectivity index is 1.52. The molecule has 0 aliphatic carbocycles. The highest BCUT2D eigenvalue weighted by molar-refractivity contribution is 5.92. The minimum absolute atomic E-state index is 0.0616. The van der Waals surface area contributed by atoms with Gasteiger partial charge in [0.2, 0.25) is 6.29 Å². The average molecular weight is 523 g/mol. The highest BCUT2D eigenvalue weighted by atomic mass is 16.7. The molecule has 8 heteroatoms. The first-order valence-corrected chi connectivity index (χ1v) is 13.4. The van der Waals surface area contributed by atoms with Gasteiger partial charge >= 0.3 is 5.97 Å². The third kappa shape index (κ3) is 6.81. The number of esters is 1. The molecule has 1 N–H and O–H groups in total. The first-order chi connectivity index (χ1) is 18.5. The molecule has 2 heterocycles. The average Bonchev–Trinajstić information content (AvgIpc) is 2.96. The minimum atomic E-state index is -0.611. The third-order valence-electron chi connectivity index (χ3n) is 7.25. The fourth-order valence-corrected chi connectivity index (χ4v) is 5.20. The molecule has 0 unspecified atom stereocenters. The van der Waals surface area contributed by atoms with Gasteiger partial charge < -0.3 is 24.2 Å². The van der Waals surface area contributed by atoms with Crippen molar-refractivity contribution in [1.82, 2.24) is 9.80 Å². The molecule has 0 bridgehead atoms. The Morgan fingerprint density at radius 1 is 1.03 bits per heavy atom. The molecule has 1 amide bonds. The van der Waals surface area contributed by atoms with Crippen LogP contribution in [0, 0.1) is 5.92 Å². The first-order valence-electron chi connectivity index (χ1n) is 13.4. The predicted octanol–water partition coefficient (Wildman–Crippen LogP) is 3.57. The summed E-state index contributed by atoms with van der Waals surface area (Å²) < 4.78 is 17.0. The molecule has 0 radical (unpaired) electrons. The lowest BCUT2D eigenvalue weighted by Gasteiger charge is -2.39. The number of rotatable bonds is 10. The number of nitrogens with zero attached hydrogens (tertiary/aromatic N) is 2. The van der Waals surface area contributed by atoms with E-state index in [9.17, 15) is 14.7 Å². The summed E-state index contributed by atoms with van der Waals surface area (Å²) in [6.45, 7) is 6.10. The molecular formula is C30H38N2O6. The Hall–Kier alpha value is -3.20. The number of piperazine rings is 1. The van der Waals surface area contributed by atoms with Crippen molar-refractivity contribution in [2.75, 3.05) is 46.5 Å². The van der Waals surface area contributed by atoms with E-state index >= 15 is 0 Å². The second-order valence-corrected chi connectivity index (χ2v) is 9.70. The van der Waals surface area contributed by atoms with Crippen LogP contribution in [0.2, 0.25) is 0 Å². The molecule has 1 fully saturated rings. The van der Waals surface area contributed by atoms with Gasteiger partial charge in [-0.05, 0) is 49.1 Å². The van der Waals surface area contributed by atoms with E-state index in [1.807, 2.05) is 48.2 Å². The van der Waals surface area contributed by atoms with Gasteiger partial charge in [0.1, 0.15) is 0 Å². The minimum Gasteiger partial charge on any atom is -0.465 e. The summed E-state index contributed by atoms with van der Waals surface area (Å²) in [6, 6.07) is 17.6. The zero-order chi connectivity index (χ0) is 26.9. The smallest absolute Gasteiger partial charge is 0.337 e. The molecule has 1 saturated heterocycles.